The summed E-state index contributed by atoms with van der Waals surface area (Å²) in [7, 11) is 0. The van der Waals surface area contributed by atoms with Gasteiger partial charge in [-0.1, -0.05) is 11.6 Å². The van der Waals surface area contributed by atoms with Crippen LogP contribution in [0, 0.1) is 18.3 Å². The molecule has 108 valence electrons. The number of nitrogens with zero attached hydrogens (tertiary/aromatic N) is 2. The van der Waals surface area contributed by atoms with Gasteiger partial charge in [-0.15, -0.1) is 0 Å². The van der Waals surface area contributed by atoms with Crippen LogP contribution >= 0.6 is 11.6 Å². The predicted octanol–water partition coefficient (Wildman–Crippen LogP) is 2.73. The third kappa shape index (κ3) is 3.24. The maximum Gasteiger partial charge on any atom is 0.142 e. The lowest BCUT2D eigenvalue weighted by atomic mass is 10.1. The van der Waals surface area contributed by atoms with Gasteiger partial charge in [0.1, 0.15) is 11.8 Å². The second-order valence-corrected chi connectivity index (χ2v) is 4.92. The van der Waals surface area contributed by atoms with Crippen LogP contribution in [0.5, 0.6) is 5.75 Å². The molecule has 0 saturated carbocycles. The van der Waals surface area contributed by atoms with Gasteiger partial charge >= 0.3 is 0 Å². The lowest BCUT2D eigenvalue weighted by Gasteiger charge is -2.13. The number of aryl methyl sites for hydroxylation is 1. The third-order valence-electron chi connectivity index (χ3n) is 3.16. The second kappa shape index (κ2) is 6.44. The molecule has 0 aliphatic rings. The van der Waals surface area contributed by atoms with Crippen molar-refractivity contribution in [1.29, 1.82) is 5.26 Å². The predicted molar refractivity (Wildman–Crippen MR) is 80.1 cm³/mol. The van der Waals surface area contributed by atoms with Crippen LogP contribution in [0.1, 0.15) is 22.4 Å². The van der Waals surface area contributed by atoms with Crippen LogP contribution in [0.2, 0.25) is 5.02 Å². The summed E-state index contributed by atoms with van der Waals surface area (Å²) >= 11 is 5.88. The number of hydrogen-bond acceptors (Lipinski definition) is 5. The summed E-state index contributed by atoms with van der Waals surface area (Å²) in [6.07, 6.45) is 1.54. The van der Waals surface area contributed by atoms with E-state index in [1.807, 2.05) is 6.07 Å². The smallest absolute Gasteiger partial charge is 0.142 e. The number of hydrogen-bond donors (Lipinski definition) is 3. The van der Waals surface area contributed by atoms with E-state index in [9.17, 15) is 10.2 Å². The lowest BCUT2D eigenvalue weighted by molar-refractivity contribution is 0.279. The number of nitrogens with one attached hydrogen (secondary N) is 1. The average molecular weight is 304 g/mol. The highest BCUT2D eigenvalue weighted by Gasteiger charge is 2.11. The van der Waals surface area contributed by atoms with Gasteiger partial charge in [-0.2, -0.15) is 5.26 Å². The molecule has 0 aliphatic heterocycles. The van der Waals surface area contributed by atoms with Crippen molar-refractivity contribution < 1.29 is 10.2 Å². The fourth-order valence-electron chi connectivity index (χ4n) is 1.93. The molecule has 0 bridgehead atoms. The van der Waals surface area contributed by atoms with Gasteiger partial charge in [0.15, 0.2) is 0 Å². The molecule has 0 amide bonds. The Morgan fingerprint density at radius 2 is 2.19 bits per heavy atom. The molecule has 0 fully saturated rings. The molecule has 1 aromatic carbocycles. The largest absolute Gasteiger partial charge is 0.506 e. The summed E-state index contributed by atoms with van der Waals surface area (Å²) in [4.78, 5) is 4.01. The molecule has 0 atom stereocenters. The van der Waals surface area contributed by atoms with Crippen molar-refractivity contribution >= 4 is 17.3 Å². The first-order chi connectivity index (χ1) is 10.1. The number of anilines is 1. The van der Waals surface area contributed by atoms with Gasteiger partial charge in [-0.05, 0) is 25.1 Å². The molecule has 3 N–H and O–H groups in total. The van der Waals surface area contributed by atoms with E-state index in [-0.39, 0.29) is 12.4 Å². The van der Waals surface area contributed by atoms with E-state index in [0.717, 1.165) is 0 Å². The minimum Gasteiger partial charge on any atom is -0.506 e. The highest BCUT2D eigenvalue weighted by atomic mass is 35.5. The van der Waals surface area contributed by atoms with Crippen molar-refractivity contribution in [3.63, 3.8) is 0 Å². The van der Waals surface area contributed by atoms with Crippen molar-refractivity contribution in [1.82, 2.24) is 4.98 Å². The van der Waals surface area contributed by atoms with Crippen LogP contribution in [0.4, 0.5) is 5.69 Å². The molecule has 1 heterocycles. The van der Waals surface area contributed by atoms with Crippen LogP contribution in [0.15, 0.2) is 24.4 Å². The normalized spacial score (nSPS) is 10.2. The van der Waals surface area contributed by atoms with Gasteiger partial charge in [0.2, 0.25) is 0 Å². The zero-order valence-corrected chi connectivity index (χ0v) is 12.1. The van der Waals surface area contributed by atoms with Gasteiger partial charge in [0.25, 0.3) is 0 Å². The average Bonchev–Trinajstić information content (AvgIpc) is 2.50. The molecule has 0 radical (unpaired) electrons. The van der Waals surface area contributed by atoms with Gasteiger partial charge in [0, 0.05) is 29.6 Å². The Balaban J connectivity index is 2.24. The van der Waals surface area contributed by atoms with E-state index in [1.54, 1.807) is 25.1 Å². The van der Waals surface area contributed by atoms with Gasteiger partial charge < -0.3 is 15.5 Å². The van der Waals surface area contributed by atoms with Crippen LogP contribution in [0.3, 0.4) is 0 Å². The number of benzene rings is 1. The fourth-order valence-corrected chi connectivity index (χ4v) is 2.09. The maximum atomic E-state index is 10.0. The van der Waals surface area contributed by atoms with Crippen LogP contribution in [-0.4, -0.2) is 15.2 Å². The number of aromatic hydroxyl groups is 1. The first-order valence-electron chi connectivity index (χ1n) is 6.27. The molecule has 0 saturated heterocycles. The summed E-state index contributed by atoms with van der Waals surface area (Å²) in [5.41, 5.74) is 2.71. The Labute approximate surface area is 127 Å². The molecular weight excluding hydrogens is 290 g/mol. The highest BCUT2D eigenvalue weighted by molar-refractivity contribution is 6.31. The number of rotatable bonds is 4. The SMILES string of the molecule is Cc1ncc(CO)c(CNc2ccc(Cl)c(C#N)c2)c1O. The number of aromatic nitrogens is 1. The zero-order valence-electron chi connectivity index (χ0n) is 11.4. The van der Waals surface area contributed by atoms with E-state index in [2.05, 4.69) is 10.3 Å². The fraction of sp³-hybridized carbons (Fsp3) is 0.200. The minimum absolute atomic E-state index is 0.0588. The second-order valence-electron chi connectivity index (χ2n) is 4.51. The van der Waals surface area contributed by atoms with Crippen molar-refractivity contribution in [3.8, 4) is 11.8 Å². The van der Waals surface area contributed by atoms with Crippen LogP contribution in [-0.2, 0) is 13.2 Å². The summed E-state index contributed by atoms with van der Waals surface area (Å²) < 4.78 is 0. The molecule has 0 unspecified atom stereocenters. The summed E-state index contributed by atoms with van der Waals surface area (Å²) in [6, 6.07) is 7.01. The van der Waals surface area contributed by atoms with Gasteiger partial charge in [0.05, 0.1) is 22.9 Å². The van der Waals surface area contributed by atoms with Gasteiger partial charge in [-0.25, -0.2) is 0 Å². The van der Waals surface area contributed by atoms with Crippen molar-refractivity contribution in [2.45, 2.75) is 20.1 Å². The minimum atomic E-state index is -0.206. The molecule has 2 rings (SSSR count). The quantitative estimate of drug-likeness (QED) is 0.808. The highest BCUT2D eigenvalue weighted by Crippen LogP contribution is 2.26. The third-order valence-corrected chi connectivity index (χ3v) is 3.49. The van der Waals surface area contributed by atoms with E-state index in [1.165, 1.54) is 6.20 Å². The van der Waals surface area contributed by atoms with Crippen molar-refractivity contribution in [2.75, 3.05) is 5.32 Å². The molecule has 1 aromatic heterocycles. The summed E-state index contributed by atoms with van der Waals surface area (Å²) in [5, 5.41) is 31.8. The number of aliphatic hydroxyl groups is 1. The Morgan fingerprint density at radius 1 is 1.43 bits per heavy atom. The Kier molecular flexibility index (Phi) is 4.63. The first kappa shape index (κ1) is 15.1. The summed E-state index contributed by atoms with van der Waals surface area (Å²) in [6.45, 7) is 1.79. The molecular formula is C15H14ClN3O2. The number of pyridine rings is 1. The molecule has 6 heteroatoms. The number of halogens is 1. The van der Waals surface area contributed by atoms with E-state index in [0.29, 0.717) is 39.6 Å². The monoisotopic (exact) mass is 303 g/mol. The molecule has 21 heavy (non-hydrogen) atoms. The Morgan fingerprint density at radius 3 is 2.86 bits per heavy atom. The number of nitriles is 1. The van der Waals surface area contributed by atoms with E-state index in [4.69, 9.17) is 16.9 Å². The van der Waals surface area contributed by atoms with Crippen molar-refractivity contribution in [3.05, 3.63) is 51.8 Å². The molecule has 0 spiro atoms. The van der Waals surface area contributed by atoms with Gasteiger partial charge in [-0.3, -0.25) is 4.98 Å². The molecule has 5 nitrogen and oxygen atoms in total. The van der Waals surface area contributed by atoms with Crippen LogP contribution < -0.4 is 5.32 Å². The van der Waals surface area contributed by atoms with E-state index < -0.39 is 0 Å². The first-order valence-corrected chi connectivity index (χ1v) is 6.65. The summed E-state index contributed by atoms with van der Waals surface area (Å²) in [5.74, 6) is 0.0588. The molecule has 0 aliphatic carbocycles. The lowest BCUT2D eigenvalue weighted by Crippen LogP contribution is -2.05. The standard InChI is InChI=1S/C15H14ClN3O2/c1-9-15(21)13(11(8-20)6-18-9)7-19-12-2-3-14(16)10(4-12)5-17/h2-4,6,19-21H,7-8H2,1H3. The maximum absolute atomic E-state index is 10.0. The Hall–Kier alpha value is -2.29. The van der Waals surface area contributed by atoms with Crippen LogP contribution in [0.25, 0.3) is 0 Å². The zero-order chi connectivity index (χ0) is 15.4. The van der Waals surface area contributed by atoms with E-state index >= 15 is 0 Å². The Bertz CT molecular complexity index is 711. The number of aliphatic hydroxyl groups excluding tert-OH is 1. The topological polar surface area (TPSA) is 89.2 Å². The molecule has 2 aromatic rings. The van der Waals surface area contributed by atoms with Crippen molar-refractivity contribution in [2.24, 2.45) is 0 Å².